The summed E-state index contributed by atoms with van der Waals surface area (Å²) in [7, 11) is 0. The second-order valence-corrected chi connectivity index (χ2v) is 7.62. The largest absolute Gasteiger partial charge is 0.339 e. The zero-order valence-electron chi connectivity index (χ0n) is 17.0. The van der Waals surface area contributed by atoms with Gasteiger partial charge >= 0.3 is 6.03 Å². The van der Waals surface area contributed by atoms with E-state index in [4.69, 9.17) is 4.52 Å². The summed E-state index contributed by atoms with van der Waals surface area (Å²) in [6.45, 7) is 1.35. The van der Waals surface area contributed by atoms with Gasteiger partial charge in [0.05, 0.1) is 6.42 Å². The number of benzene rings is 3. The molecule has 6 nitrogen and oxygen atoms in total. The standard InChI is InChI=1S/C25H22N4O2/c30-25(29-15-14-19-8-4-5-9-21(19)17-29)26-22-12-10-20(11-13-22)24-27-23(31-28-24)16-18-6-2-1-3-7-18/h1-13H,14-17H2,(H,26,30). The maximum atomic E-state index is 12.7. The molecule has 1 aromatic heterocycles. The molecule has 1 N–H and O–H groups in total. The van der Waals surface area contributed by atoms with Crippen LogP contribution < -0.4 is 5.32 Å². The number of anilines is 1. The average molecular weight is 410 g/mol. The highest BCUT2D eigenvalue weighted by Gasteiger charge is 2.20. The number of fused-ring (bicyclic) bond motifs is 1. The van der Waals surface area contributed by atoms with Gasteiger partial charge in [0.25, 0.3) is 0 Å². The second-order valence-electron chi connectivity index (χ2n) is 7.62. The lowest BCUT2D eigenvalue weighted by Crippen LogP contribution is -2.38. The molecule has 154 valence electrons. The van der Waals surface area contributed by atoms with Crippen molar-refractivity contribution >= 4 is 11.7 Å². The number of urea groups is 1. The SMILES string of the molecule is O=C(Nc1ccc(-c2noc(Cc3ccccc3)n2)cc1)N1CCc2ccccc2C1. The number of hydrogen-bond acceptors (Lipinski definition) is 4. The monoisotopic (exact) mass is 410 g/mol. The first kappa shape index (κ1) is 19.1. The number of carbonyl (C=O) groups is 1. The normalized spacial score (nSPS) is 13.0. The van der Waals surface area contributed by atoms with Crippen molar-refractivity contribution in [3.63, 3.8) is 0 Å². The van der Waals surface area contributed by atoms with E-state index < -0.39 is 0 Å². The summed E-state index contributed by atoms with van der Waals surface area (Å²) in [5.41, 5.74) is 5.23. The van der Waals surface area contributed by atoms with Gasteiger partial charge in [-0.2, -0.15) is 4.98 Å². The van der Waals surface area contributed by atoms with Crippen LogP contribution in [0.3, 0.4) is 0 Å². The number of carbonyl (C=O) groups excluding carboxylic acids is 1. The first-order chi connectivity index (χ1) is 15.2. The molecular weight excluding hydrogens is 388 g/mol. The third-order valence-electron chi connectivity index (χ3n) is 5.48. The minimum atomic E-state index is -0.0908. The Kier molecular flexibility index (Phi) is 5.19. The van der Waals surface area contributed by atoms with Gasteiger partial charge in [-0.1, -0.05) is 59.8 Å². The van der Waals surface area contributed by atoms with Crippen LogP contribution >= 0.6 is 0 Å². The molecule has 0 fully saturated rings. The number of nitrogens with zero attached hydrogens (tertiary/aromatic N) is 3. The second kappa shape index (κ2) is 8.44. The Morgan fingerprint density at radius 2 is 1.68 bits per heavy atom. The highest BCUT2D eigenvalue weighted by Crippen LogP contribution is 2.22. The van der Waals surface area contributed by atoms with Crippen molar-refractivity contribution in [2.24, 2.45) is 0 Å². The Balaban J connectivity index is 1.22. The van der Waals surface area contributed by atoms with Gasteiger partial charge in [-0.15, -0.1) is 0 Å². The predicted molar refractivity (Wildman–Crippen MR) is 119 cm³/mol. The van der Waals surface area contributed by atoms with Crippen molar-refractivity contribution in [1.29, 1.82) is 0 Å². The van der Waals surface area contributed by atoms with Gasteiger partial charge < -0.3 is 14.7 Å². The van der Waals surface area contributed by atoms with Gasteiger partial charge in [0.2, 0.25) is 11.7 Å². The molecule has 0 saturated carbocycles. The summed E-state index contributed by atoms with van der Waals surface area (Å²) >= 11 is 0. The number of aromatic nitrogens is 2. The summed E-state index contributed by atoms with van der Waals surface area (Å²) in [5, 5.41) is 7.07. The quantitative estimate of drug-likeness (QED) is 0.518. The minimum Gasteiger partial charge on any atom is -0.339 e. The van der Waals surface area contributed by atoms with Crippen molar-refractivity contribution in [3.8, 4) is 11.4 Å². The lowest BCUT2D eigenvalue weighted by molar-refractivity contribution is 0.206. The van der Waals surface area contributed by atoms with E-state index in [0.717, 1.165) is 23.2 Å². The molecule has 0 atom stereocenters. The first-order valence-corrected chi connectivity index (χ1v) is 10.3. The minimum absolute atomic E-state index is 0.0908. The molecule has 4 aromatic rings. The Hall–Kier alpha value is -3.93. The molecule has 0 unspecified atom stereocenters. The van der Waals surface area contributed by atoms with Crippen LogP contribution in [0.5, 0.6) is 0 Å². The molecule has 1 aliphatic heterocycles. The lowest BCUT2D eigenvalue weighted by atomic mass is 10.0. The van der Waals surface area contributed by atoms with E-state index in [9.17, 15) is 4.79 Å². The highest BCUT2D eigenvalue weighted by molar-refractivity contribution is 5.89. The van der Waals surface area contributed by atoms with E-state index >= 15 is 0 Å². The third kappa shape index (κ3) is 4.33. The molecule has 0 aliphatic carbocycles. The molecule has 3 aromatic carbocycles. The number of hydrogen-bond donors (Lipinski definition) is 1. The molecule has 0 radical (unpaired) electrons. The van der Waals surface area contributed by atoms with Crippen molar-refractivity contribution in [3.05, 3.63) is 101 Å². The Morgan fingerprint density at radius 1 is 0.935 bits per heavy atom. The van der Waals surface area contributed by atoms with Gasteiger partial charge in [-0.3, -0.25) is 0 Å². The lowest BCUT2D eigenvalue weighted by Gasteiger charge is -2.29. The van der Waals surface area contributed by atoms with Crippen molar-refractivity contribution in [1.82, 2.24) is 15.0 Å². The van der Waals surface area contributed by atoms with E-state index in [1.165, 1.54) is 11.1 Å². The van der Waals surface area contributed by atoms with Crippen molar-refractivity contribution in [2.45, 2.75) is 19.4 Å². The Bertz CT molecular complexity index is 1190. The topological polar surface area (TPSA) is 71.3 Å². The molecule has 31 heavy (non-hydrogen) atoms. The zero-order valence-corrected chi connectivity index (χ0v) is 17.0. The summed E-state index contributed by atoms with van der Waals surface area (Å²) < 4.78 is 5.39. The van der Waals surface area contributed by atoms with E-state index in [2.05, 4.69) is 27.6 Å². The van der Waals surface area contributed by atoms with Crippen LogP contribution in [0.4, 0.5) is 10.5 Å². The Morgan fingerprint density at radius 3 is 2.48 bits per heavy atom. The summed E-state index contributed by atoms with van der Waals surface area (Å²) in [6, 6.07) is 25.7. The average Bonchev–Trinajstić information content (AvgIpc) is 3.28. The smallest absolute Gasteiger partial charge is 0.322 e. The summed E-state index contributed by atoms with van der Waals surface area (Å²) in [6.07, 6.45) is 1.48. The van der Waals surface area contributed by atoms with Crippen LogP contribution in [-0.4, -0.2) is 27.6 Å². The molecule has 1 aliphatic rings. The fourth-order valence-corrected chi connectivity index (χ4v) is 3.79. The van der Waals surface area contributed by atoms with Gasteiger partial charge in [-0.25, -0.2) is 4.79 Å². The van der Waals surface area contributed by atoms with Crippen LogP contribution in [0.25, 0.3) is 11.4 Å². The molecule has 5 rings (SSSR count). The van der Waals surface area contributed by atoms with Gasteiger partial charge in [-0.05, 0) is 47.4 Å². The summed E-state index contributed by atoms with van der Waals surface area (Å²) in [5.74, 6) is 1.11. The van der Waals surface area contributed by atoms with Gasteiger partial charge in [0.15, 0.2) is 0 Å². The third-order valence-corrected chi connectivity index (χ3v) is 5.48. The maximum Gasteiger partial charge on any atom is 0.322 e. The predicted octanol–water partition coefficient (Wildman–Crippen LogP) is 4.92. The molecule has 2 heterocycles. The molecular formula is C25H22N4O2. The van der Waals surface area contributed by atoms with Crippen LogP contribution in [0.2, 0.25) is 0 Å². The molecule has 0 bridgehead atoms. The fraction of sp³-hybridized carbons (Fsp3) is 0.160. The molecule has 2 amide bonds. The zero-order chi connectivity index (χ0) is 21.0. The highest BCUT2D eigenvalue weighted by atomic mass is 16.5. The fourth-order valence-electron chi connectivity index (χ4n) is 3.79. The molecule has 0 saturated heterocycles. The molecule has 6 heteroatoms. The van der Waals surface area contributed by atoms with E-state index in [0.29, 0.717) is 31.2 Å². The van der Waals surface area contributed by atoms with Crippen molar-refractivity contribution in [2.75, 3.05) is 11.9 Å². The van der Waals surface area contributed by atoms with Crippen LogP contribution in [0.15, 0.2) is 83.4 Å². The van der Waals surface area contributed by atoms with E-state index in [1.54, 1.807) is 0 Å². The number of nitrogens with one attached hydrogen (secondary N) is 1. The Labute approximate surface area is 180 Å². The van der Waals surface area contributed by atoms with Crippen LogP contribution in [0, 0.1) is 0 Å². The first-order valence-electron chi connectivity index (χ1n) is 10.3. The van der Waals surface area contributed by atoms with Gasteiger partial charge in [0, 0.05) is 24.3 Å². The van der Waals surface area contributed by atoms with Crippen LogP contribution in [-0.2, 0) is 19.4 Å². The molecule has 0 spiro atoms. The van der Waals surface area contributed by atoms with Crippen molar-refractivity contribution < 1.29 is 9.32 Å². The maximum absolute atomic E-state index is 12.7. The van der Waals surface area contributed by atoms with Gasteiger partial charge in [0.1, 0.15) is 0 Å². The number of amides is 2. The summed E-state index contributed by atoms with van der Waals surface area (Å²) in [4.78, 5) is 19.0. The van der Waals surface area contributed by atoms with E-state index in [-0.39, 0.29) is 6.03 Å². The number of rotatable bonds is 4. The van der Waals surface area contributed by atoms with E-state index in [1.807, 2.05) is 71.6 Å². The van der Waals surface area contributed by atoms with Crippen LogP contribution in [0.1, 0.15) is 22.6 Å².